The zero-order chi connectivity index (χ0) is 14.9. The van der Waals surface area contributed by atoms with Gasteiger partial charge >= 0.3 is 0 Å². The Morgan fingerprint density at radius 2 is 2.10 bits per heavy atom. The Morgan fingerprint density at radius 3 is 2.86 bits per heavy atom. The number of aliphatic hydroxyl groups excluding tert-OH is 1. The van der Waals surface area contributed by atoms with E-state index in [1.54, 1.807) is 0 Å². The van der Waals surface area contributed by atoms with Crippen LogP contribution < -0.4 is 5.32 Å². The Kier molecular flexibility index (Phi) is 7.13. The van der Waals surface area contributed by atoms with Crippen LogP contribution in [0.5, 0.6) is 0 Å². The first-order chi connectivity index (χ1) is 10.3. The molecule has 2 N–H and O–H groups in total. The summed E-state index contributed by atoms with van der Waals surface area (Å²) in [5, 5.41) is 13.2. The number of nitrogens with one attached hydrogen (secondary N) is 1. The highest BCUT2D eigenvalue weighted by molar-refractivity contribution is 5.09. The number of aromatic nitrogens is 1. The zero-order valence-corrected chi connectivity index (χ0v) is 13.0. The molecular formula is C17H28N2O2. The van der Waals surface area contributed by atoms with E-state index in [1.165, 1.54) is 24.8 Å². The second kappa shape index (κ2) is 9.13. The fourth-order valence-electron chi connectivity index (χ4n) is 2.87. The van der Waals surface area contributed by atoms with Crippen molar-refractivity contribution in [1.82, 2.24) is 10.3 Å². The molecule has 1 fully saturated rings. The van der Waals surface area contributed by atoms with Gasteiger partial charge in [0.05, 0.1) is 18.8 Å². The van der Waals surface area contributed by atoms with Gasteiger partial charge in [0.2, 0.25) is 0 Å². The van der Waals surface area contributed by atoms with Crippen LogP contribution in [0.1, 0.15) is 38.2 Å². The lowest BCUT2D eigenvalue weighted by Gasteiger charge is -2.29. The number of ether oxygens (including phenoxy) is 1. The third kappa shape index (κ3) is 6.12. The lowest BCUT2D eigenvalue weighted by Crippen LogP contribution is -2.35. The highest BCUT2D eigenvalue weighted by Gasteiger charge is 2.22. The Bertz CT molecular complexity index is 386. The SMILES string of the molecule is CC1CCCCC1OCC(O)CNCCc1ccncc1. The highest BCUT2D eigenvalue weighted by Crippen LogP contribution is 2.26. The van der Waals surface area contributed by atoms with Crippen molar-refractivity contribution in [3.8, 4) is 0 Å². The largest absolute Gasteiger partial charge is 0.389 e. The smallest absolute Gasteiger partial charge is 0.0897 e. The van der Waals surface area contributed by atoms with Crippen LogP contribution in [-0.2, 0) is 11.2 Å². The molecule has 3 atom stereocenters. The minimum absolute atomic E-state index is 0.338. The molecule has 1 aromatic heterocycles. The summed E-state index contributed by atoms with van der Waals surface area (Å²) >= 11 is 0. The molecule has 4 nitrogen and oxygen atoms in total. The number of aliphatic hydroxyl groups is 1. The standard InChI is InChI=1S/C17H28N2O2/c1-14-4-2-3-5-17(14)21-13-16(20)12-19-11-8-15-6-9-18-10-7-15/h6-7,9-10,14,16-17,19-20H,2-5,8,11-13H2,1H3. The van der Waals surface area contributed by atoms with Gasteiger partial charge in [0.25, 0.3) is 0 Å². The van der Waals surface area contributed by atoms with Crippen LogP contribution in [0.15, 0.2) is 24.5 Å². The summed E-state index contributed by atoms with van der Waals surface area (Å²) in [6, 6.07) is 4.04. The van der Waals surface area contributed by atoms with Crippen molar-refractivity contribution in [3.05, 3.63) is 30.1 Å². The number of hydrogen-bond donors (Lipinski definition) is 2. The average Bonchev–Trinajstić information content (AvgIpc) is 2.52. The van der Waals surface area contributed by atoms with Gasteiger partial charge in [-0.05, 0) is 49.4 Å². The molecule has 1 saturated carbocycles. The van der Waals surface area contributed by atoms with Gasteiger partial charge < -0.3 is 15.2 Å². The number of rotatable bonds is 8. The first kappa shape index (κ1) is 16.4. The van der Waals surface area contributed by atoms with Crippen LogP contribution in [0, 0.1) is 5.92 Å². The van der Waals surface area contributed by atoms with Gasteiger partial charge in [-0.2, -0.15) is 0 Å². The minimum atomic E-state index is -0.420. The van der Waals surface area contributed by atoms with E-state index in [9.17, 15) is 5.11 Å². The first-order valence-electron chi connectivity index (χ1n) is 8.15. The van der Waals surface area contributed by atoms with Crippen LogP contribution in [0.3, 0.4) is 0 Å². The summed E-state index contributed by atoms with van der Waals surface area (Å²) in [7, 11) is 0. The van der Waals surface area contributed by atoms with Crippen LogP contribution in [-0.4, -0.2) is 42.0 Å². The second-order valence-electron chi connectivity index (χ2n) is 6.10. The van der Waals surface area contributed by atoms with E-state index in [4.69, 9.17) is 4.74 Å². The maximum absolute atomic E-state index is 9.97. The second-order valence-corrected chi connectivity index (χ2v) is 6.10. The molecule has 0 spiro atoms. The van der Waals surface area contributed by atoms with Crippen molar-refractivity contribution >= 4 is 0 Å². The van der Waals surface area contributed by atoms with Crippen molar-refractivity contribution < 1.29 is 9.84 Å². The molecular weight excluding hydrogens is 264 g/mol. The van der Waals surface area contributed by atoms with E-state index in [0.29, 0.717) is 25.2 Å². The molecule has 0 amide bonds. The van der Waals surface area contributed by atoms with Crippen molar-refractivity contribution in [3.63, 3.8) is 0 Å². The Labute approximate surface area is 127 Å². The average molecular weight is 292 g/mol. The van der Waals surface area contributed by atoms with Gasteiger partial charge in [-0.25, -0.2) is 0 Å². The van der Waals surface area contributed by atoms with E-state index in [1.807, 2.05) is 24.5 Å². The summed E-state index contributed by atoms with van der Waals surface area (Å²) in [5.41, 5.74) is 1.26. The third-order valence-electron chi connectivity index (χ3n) is 4.26. The quantitative estimate of drug-likeness (QED) is 0.721. The Balaban J connectivity index is 1.54. The van der Waals surface area contributed by atoms with Crippen molar-refractivity contribution in [2.75, 3.05) is 19.7 Å². The number of hydrogen-bond acceptors (Lipinski definition) is 4. The molecule has 0 saturated heterocycles. The van der Waals surface area contributed by atoms with Crippen LogP contribution in [0.2, 0.25) is 0 Å². The normalized spacial score (nSPS) is 23.9. The fraction of sp³-hybridized carbons (Fsp3) is 0.706. The van der Waals surface area contributed by atoms with E-state index < -0.39 is 6.10 Å². The lowest BCUT2D eigenvalue weighted by molar-refractivity contribution is -0.0450. The molecule has 3 unspecified atom stereocenters. The van der Waals surface area contributed by atoms with Crippen molar-refractivity contribution in [1.29, 1.82) is 0 Å². The predicted octanol–water partition coefficient (Wildman–Crippen LogP) is 2.17. The van der Waals surface area contributed by atoms with Gasteiger partial charge in [0.15, 0.2) is 0 Å². The monoisotopic (exact) mass is 292 g/mol. The molecule has 118 valence electrons. The topological polar surface area (TPSA) is 54.4 Å². The summed E-state index contributed by atoms with van der Waals surface area (Å²) in [4.78, 5) is 4.00. The van der Waals surface area contributed by atoms with Gasteiger partial charge in [-0.1, -0.05) is 19.8 Å². The van der Waals surface area contributed by atoms with Gasteiger partial charge in [-0.3, -0.25) is 4.98 Å². The molecule has 1 aromatic rings. The summed E-state index contributed by atoms with van der Waals surface area (Å²) < 4.78 is 5.87. The summed E-state index contributed by atoms with van der Waals surface area (Å²) in [6.07, 6.45) is 9.47. The van der Waals surface area contributed by atoms with E-state index >= 15 is 0 Å². The molecule has 1 aliphatic carbocycles. The van der Waals surface area contributed by atoms with Crippen molar-refractivity contribution in [2.24, 2.45) is 5.92 Å². The lowest BCUT2D eigenvalue weighted by atomic mass is 9.88. The summed E-state index contributed by atoms with van der Waals surface area (Å²) in [5.74, 6) is 0.630. The Morgan fingerprint density at radius 1 is 1.33 bits per heavy atom. The molecule has 4 heteroatoms. The van der Waals surface area contributed by atoms with Crippen molar-refractivity contribution in [2.45, 2.75) is 51.2 Å². The maximum atomic E-state index is 9.97. The first-order valence-corrected chi connectivity index (χ1v) is 8.15. The maximum Gasteiger partial charge on any atom is 0.0897 e. The van der Waals surface area contributed by atoms with Gasteiger partial charge in [0.1, 0.15) is 0 Å². The molecule has 0 aromatic carbocycles. The van der Waals surface area contributed by atoms with Gasteiger partial charge in [-0.15, -0.1) is 0 Å². The van der Waals surface area contributed by atoms with E-state index in [-0.39, 0.29) is 0 Å². The van der Waals surface area contributed by atoms with Crippen LogP contribution in [0.25, 0.3) is 0 Å². The molecule has 2 rings (SSSR count). The van der Waals surface area contributed by atoms with Crippen LogP contribution in [0.4, 0.5) is 0 Å². The molecule has 0 radical (unpaired) electrons. The minimum Gasteiger partial charge on any atom is -0.389 e. The molecule has 21 heavy (non-hydrogen) atoms. The molecule has 0 bridgehead atoms. The third-order valence-corrected chi connectivity index (χ3v) is 4.26. The zero-order valence-electron chi connectivity index (χ0n) is 13.0. The molecule has 1 heterocycles. The van der Waals surface area contributed by atoms with E-state index in [0.717, 1.165) is 19.4 Å². The number of nitrogens with zero attached hydrogens (tertiary/aromatic N) is 1. The fourth-order valence-corrected chi connectivity index (χ4v) is 2.87. The summed E-state index contributed by atoms with van der Waals surface area (Å²) in [6.45, 7) is 4.15. The van der Waals surface area contributed by atoms with E-state index in [2.05, 4.69) is 17.2 Å². The molecule has 0 aliphatic heterocycles. The van der Waals surface area contributed by atoms with Gasteiger partial charge in [0, 0.05) is 18.9 Å². The van der Waals surface area contributed by atoms with Crippen LogP contribution >= 0.6 is 0 Å². The molecule has 1 aliphatic rings. The number of pyridine rings is 1. The Hall–Kier alpha value is -0.970. The highest BCUT2D eigenvalue weighted by atomic mass is 16.5. The predicted molar refractivity (Wildman–Crippen MR) is 84.2 cm³/mol.